The lowest BCUT2D eigenvalue weighted by Crippen LogP contribution is -2.68. The van der Waals surface area contributed by atoms with Crippen molar-refractivity contribution in [2.75, 3.05) is 23.3 Å². The molecule has 2 aliphatic rings. The fraction of sp³-hybridized carbons (Fsp3) is 0.412. The van der Waals surface area contributed by atoms with Gasteiger partial charge >= 0.3 is 0 Å². The SMILES string of the molecule is Cc1c(N2C3CNCC2C3)sc2c(NCc3ccncc3)snc12. The molecule has 2 saturated heterocycles. The summed E-state index contributed by atoms with van der Waals surface area (Å²) in [5.74, 6) is 0. The van der Waals surface area contributed by atoms with Crippen LogP contribution in [0.1, 0.15) is 17.5 Å². The van der Waals surface area contributed by atoms with Gasteiger partial charge in [-0.05, 0) is 42.6 Å². The van der Waals surface area contributed by atoms with E-state index in [1.165, 1.54) is 37.8 Å². The van der Waals surface area contributed by atoms with Crippen LogP contribution in [0, 0.1) is 6.92 Å². The predicted octanol–water partition coefficient (Wildman–Crippen LogP) is 3.22. The Bertz CT molecular complexity index is 858. The van der Waals surface area contributed by atoms with Crippen LogP contribution in [0.5, 0.6) is 0 Å². The van der Waals surface area contributed by atoms with Crippen molar-refractivity contribution >= 4 is 43.1 Å². The molecule has 7 heteroatoms. The molecule has 5 nitrogen and oxygen atoms in total. The van der Waals surface area contributed by atoms with E-state index in [1.54, 1.807) is 11.5 Å². The lowest BCUT2D eigenvalue weighted by Gasteiger charge is -2.54. The third kappa shape index (κ3) is 2.22. The van der Waals surface area contributed by atoms with Crippen LogP contribution in [0.15, 0.2) is 24.5 Å². The average molecular weight is 358 g/mol. The molecular formula is C17H19N5S2. The molecule has 5 heterocycles. The number of thiophene rings is 1. The van der Waals surface area contributed by atoms with Crippen LogP contribution in [0.4, 0.5) is 10.0 Å². The highest BCUT2D eigenvalue weighted by atomic mass is 32.1. The van der Waals surface area contributed by atoms with E-state index in [9.17, 15) is 0 Å². The summed E-state index contributed by atoms with van der Waals surface area (Å²) in [6.07, 6.45) is 5.00. The largest absolute Gasteiger partial charge is 0.370 e. The zero-order chi connectivity index (χ0) is 16.1. The van der Waals surface area contributed by atoms with Gasteiger partial charge in [-0.2, -0.15) is 4.37 Å². The Labute approximate surface area is 148 Å². The summed E-state index contributed by atoms with van der Waals surface area (Å²) >= 11 is 3.48. The minimum Gasteiger partial charge on any atom is -0.370 e. The Hall–Kier alpha value is -1.70. The van der Waals surface area contributed by atoms with Crippen molar-refractivity contribution in [3.63, 3.8) is 0 Å². The topological polar surface area (TPSA) is 53.1 Å². The van der Waals surface area contributed by atoms with E-state index in [4.69, 9.17) is 4.37 Å². The number of rotatable bonds is 4. The Balaban J connectivity index is 1.43. The van der Waals surface area contributed by atoms with E-state index in [1.807, 2.05) is 35.9 Å². The molecule has 2 bridgehead atoms. The van der Waals surface area contributed by atoms with Crippen LogP contribution < -0.4 is 15.5 Å². The third-order valence-electron chi connectivity index (χ3n) is 5.05. The first kappa shape index (κ1) is 14.6. The highest BCUT2D eigenvalue weighted by Crippen LogP contribution is 2.47. The number of nitrogens with zero attached hydrogens (tertiary/aromatic N) is 3. The number of hydrogen-bond acceptors (Lipinski definition) is 7. The highest BCUT2D eigenvalue weighted by Gasteiger charge is 2.43. The van der Waals surface area contributed by atoms with E-state index in [0.717, 1.165) is 19.6 Å². The van der Waals surface area contributed by atoms with Crippen LogP contribution in [-0.2, 0) is 6.54 Å². The lowest BCUT2D eigenvalue weighted by molar-refractivity contribution is 0.264. The molecule has 3 aromatic rings. The summed E-state index contributed by atoms with van der Waals surface area (Å²) in [6, 6.07) is 5.43. The van der Waals surface area contributed by atoms with Crippen LogP contribution in [0.3, 0.4) is 0 Å². The predicted molar refractivity (Wildman–Crippen MR) is 101 cm³/mol. The molecule has 0 aliphatic carbocycles. The Morgan fingerprint density at radius 3 is 2.83 bits per heavy atom. The van der Waals surface area contributed by atoms with Gasteiger partial charge in [0.1, 0.15) is 10.5 Å². The van der Waals surface area contributed by atoms with Crippen molar-refractivity contribution < 1.29 is 0 Å². The molecule has 0 saturated carbocycles. The zero-order valence-electron chi connectivity index (χ0n) is 13.5. The van der Waals surface area contributed by atoms with Crippen molar-refractivity contribution in [1.29, 1.82) is 0 Å². The third-order valence-corrected chi connectivity index (χ3v) is 7.30. The van der Waals surface area contributed by atoms with Gasteiger partial charge < -0.3 is 15.5 Å². The smallest absolute Gasteiger partial charge is 0.127 e. The maximum atomic E-state index is 4.72. The van der Waals surface area contributed by atoms with Gasteiger partial charge in [-0.1, -0.05) is 0 Å². The van der Waals surface area contributed by atoms with Gasteiger partial charge in [0.15, 0.2) is 0 Å². The molecule has 5 rings (SSSR count). The molecule has 2 atom stereocenters. The van der Waals surface area contributed by atoms with E-state index in [-0.39, 0.29) is 0 Å². The summed E-state index contributed by atoms with van der Waals surface area (Å²) in [5, 5.41) is 9.68. The second kappa shape index (κ2) is 5.68. The summed E-state index contributed by atoms with van der Waals surface area (Å²) < 4.78 is 6.03. The second-order valence-electron chi connectivity index (χ2n) is 6.54. The standard InChI is InChI=1S/C17H19N5S2/c1-10-14-15(23-17(10)22-12-6-13(22)9-19-8-12)16(24-21-14)20-7-11-2-4-18-5-3-11/h2-5,12-13,19-20H,6-9H2,1H3. The molecule has 2 aliphatic heterocycles. The van der Waals surface area contributed by atoms with E-state index < -0.39 is 0 Å². The number of fused-ring (bicyclic) bond motifs is 3. The number of piperazine rings is 1. The number of hydrogen-bond donors (Lipinski definition) is 2. The maximum Gasteiger partial charge on any atom is 0.127 e. The summed E-state index contributed by atoms with van der Waals surface area (Å²) in [6.45, 7) is 5.26. The van der Waals surface area contributed by atoms with Gasteiger partial charge in [0, 0.05) is 49.7 Å². The molecule has 2 N–H and O–H groups in total. The number of aryl methyl sites for hydroxylation is 1. The van der Waals surface area contributed by atoms with Gasteiger partial charge in [-0.3, -0.25) is 4.98 Å². The quantitative estimate of drug-likeness (QED) is 0.751. The number of nitrogens with one attached hydrogen (secondary N) is 2. The lowest BCUT2D eigenvalue weighted by atomic mass is 9.89. The fourth-order valence-corrected chi connectivity index (χ4v) is 6.07. The average Bonchev–Trinajstić information content (AvgIpc) is 3.16. The monoisotopic (exact) mass is 357 g/mol. The van der Waals surface area contributed by atoms with Crippen LogP contribution >= 0.6 is 22.9 Å². The molecule has 24 heavy (non-hydrogen) atoms. The fourth-order valence-electron chi connectivity index (χ4n) is 3.74. The van der Waals surface area contributed by atoms with Crippen molar-refractivity contribution in [2.45, 2.75) is 32.0 Å². The molecular weight excluding hydrogens is 338 g/mol. The van der Waals surface area contributed by atoms with E-state index in [0.29, 0.717) is 12.1 Å². The first-order chi connectivity index (χ1) is 11.8. The van der Waals surface area contributed by atoms with Gasteiger partial charge in [0.05, 0.1) is 9.70 Å². The number of anilines is 2. The van der Waals surface area contributed by atoms with Gasteiger partial charge in [-0.25, -0.2) is 0 Å². The Kier molecular flexibility index (Phi) is 3.46. The first-order valence-electron chi connectivity index (χ1n) is 8.32. The van der Waals surface area contributed by atoms with E-state index >= 15 is 0 Å². The molecule has 0 spiro atoms. The summed E-state index contributed by atoms with van der Waals surface area (Å²) in [4.78, 5) is 6.69. The molecule has 3 aromatic heterocycles. The molecule has 2 unspecified atom stereocenters. The molecule has 0 aromatic carbocycles. The first-order valence-corrected chi connectivity index (χ1v) is 9.91. The molecule has 2 fully saturated rings. The number of aromatic nitrogens is 2. The zero-order valence-corrected chi connectivity index (χ0v) is 15.1. The summed E-state index contributed by atoms with van der Waals surface area (Å²) in [7, 11) is 0. The van der Waals surface area contributed by atoms with Crippen LogP contribution in [0.25, 0.3) is 10.2 Å². The van der Waals surface area contributed by atoms with Crippen LogP contribution in [-0.4, -0.2) is 34.5 Å². The highest BCUT2D eigenvalue weighted by molar-refractivity contribution is 7.27. The van der Waals surface area contributed by atoms with Gasteiger partial charge in [-0.15, -0.1) is 11.3 Å². The van der Waals surface area contributed by atoms with Gasteiger partial charge in [0.2, 0.25) is 0 Å². The molecule has 0 radical (unpaired) electrons. The van der Waals surface area contributed by atoms with Gasteiger partial charge in [0.25, 0.3) is 0 Å². The summed E-state index contributed by atoms with van der Waals surface area (Å²) in [5.41, 5.74) is 3.76. The van der Waals surface area contributed by atoms with Crippen molar-refractivity contribution in [3.05, 3.63) is 35.7 Å². The number of piperidine rings is 1. The van der Waals surface area contributed by atoms with Crippen molar-refractivity contribution in [2.24, 2.45) is 0 Å². The maximum absolute atomic E-state index is 4.72. The van der Waals surface area contributed by atoms with Crippen molar-refractivity contribution in [1.82, 2.24) is 14.7 Å². The minimum absolute atomic E-state index is 0.669. The minimum atomic E-state index is 0.669. The van der Waals surface area contributed by atoms with Crippen molar-refractivity contribution in [3.8, 4) is 0 Å². The molecule has 124 valence electrons. The second-order valence-corrected chi connectivity index (χ2v) is 8.31. The molecule has 0 amide bonds. The number of pyridine rings is 1. The normalized spacial score (nSPS) is 22.6. The Morgan fingerprint density at radius 2 is 2.08 bits per heavy atom. The Morgan fingerprint density at radius 1 is 1.29 bits per heavy atom. The van der Waals surface area contributed by atoms with E-state index in [2.05, 4.69) is 27.4 Å². The van der Waals surface area contributed by atoms with Crippen LogP contribution in [0.2, 0.25) is 0 Å².